The van der Waals surface area contributed by atoms with Crippen molar-refractivity contribution in [1.82, 2.24) is 0 Å². The number of hydrogen-bond acceptors (Lipinski definition) is 3. The van der Waals surface area contributed by atoms with Crippen molar-refractivity contribution in [3.05, 3.63) is 40.5 Å². The molecule has 1 aromatic rings. The zero-order chi connectivity index (χ0) is 12.6. The van der Waals surface area contributed by atoms with Gasteiger partial charge in [0.15, 0.2) is 11.6 Å². The normalized spacial score (nSPS) is 15.0. The van der Waals surface area contributed by atoms with Crippen molar-refractivity contribution in [2.24, 2.45) is 0 Å². The molecule has 0 saturated heterocycles. The number of fused-ring (bicyclic) bond motifs is 1. The Hall–Kier alpha value is -1.90. The van der Waals surface area contributed by atoms with E-state index >= 15 is 0 Å². The number of methoxy groups -OCH3 is 1. The molecule has 0 aromatic heterocycles. The van der Waals surface area contributed by atoms with Gasteiger partial charge < -0.3 is 4.74 Å². The van der Waals surface area contributed by atoms with Crippen LogP contribution in [0.25, 0.3) is 0 Å². The van der Waals surface area contributed by atoms with E-state index in [9.17, 15) is 9.59 Å². The van der Waals surface area contributed by atoms with E-state index in [1.54, 1.807) is 25.1 Å². The molecule has 0 saturated carbocycles. The summed E-state index contributed by atoms with van der Waals surface area (Å²) < 4.78 is 5.15. The molecule has 1 aliphatic rings. The standard InChI is InChI=1S/C14H14O3/c1-4-9-8(2)13(15)12-10(14(9)16)6-5-7-11(12)17-3/h5-7H,4H2,1-3H3. The van der Waals surface area contributed by atoms with E-state index in [0.29, 0.717) is 34.4 Å². The highest BCUT2D eigenvalue weighted by molar-refractivity contribution is 6.27. The minimum absolute atomic E-state index is 0.0569. The first-order valence-corrected chi connectivity index (χ1v) is 5.58. The molecular weight excluding hydrogens is 216 g/mol. The second-order valence-electron chi connectivity index (χ2n) is 4.00. The maximum atomic E-state index is 12.2. The number of benzene rings is 1. The third-order valence-corrected chi connectivity index (χ3v) is 3.14. The van der Waals surface area contributed by atoms with E-state index in [1.807, 2.05) is 6.92 Å². The van der Waals surface area contributed by atoms with Gasteiger partial charge in [0.05, 0.1) is 12.7 Å². The van der Waals surface area contributed by atoms with Gasteiger partial charge in [0.2, 0.25) is 0 Å². The largest absolute Gasteiger partial charge is 0.496 e. The Morgan fingerprint density at radius 3 is 2.47 bits per heavy atom. The number of Topliss-reactive ketones (excluding diaryl/α,β-unsaturated/α-hetero) is 2. The van der Waals surface area contributed by atoms with Crippen LogP contribution in [0.1, 0.15) is 41.0 Å². The topological polar surface area (TPSA) is 43.4 Å². The Labute approximate surface area is 100 Å². The van der Waals surface area contributed by atoms with Crippen LogP contribution in [0.4, 0.5) is 0 Å². The minimum Gasteiger partial charge on any atom is -0.496 e. The smallest absolute Gasteiger partial charge is 0.193 e. The Bertz CT molecular complexity index is 538. The summed E-state index contributed by atoms with van der Waals surface area (Å²) >= 11 is 0. The molecule has 0 radical (unpaired) electrons. The van der Waals surface area contributed by atoms with Gasteiger partial charge >= 0.3 is 0 Å². The van der Waals surface area contributed by atoms with Crippen LogP contribution < -0.4 is 4.74 Å². The summed E-state index contributed by atoms with van der Waals surface area (Å²) in [5, 5.41) is 0. The minimum atomic E-state index is -0.103. The number of allylic oxidation sites excluding steroid dienone is 2. The van der Waals surface area contributed by atoms with E-state index < -0.39 is 0 Å². The fourth-order valence-corrected chi connectivity index (χ4v) is 2.21. The van der Waals surface area contributed by atoms with Gasteiger partial charge in [-0.15, -0.1) is 0 Å². The Morgan fingerprint density at radius 2 is 1.88 bits per heavy atom. The SMILES string of the molecule is CCC1=C(C)C(=O)c2c(OC)cccc2C1=O. The number of hydrogen-bond donors (Lipinski definition) is 0. The van der Waals surface area contributed by atoms with Crippen LogP contribution in [-0.2, 0) is 0 Å². The highest BCUT2D eigenvalue weighted by Crippen LogP contribution is 2.33. The van der Waals surface area contributed by atoms with Crippen molar-refractivity contribution in [2.75, 3.05) is 7.11 Å². The third kappa shape index (κ3) is 1.58. The second-order valence-corrected chi connectivity index (χ2v) is 4.00. The summed E-state index contributed by atoms with van der Waals surface area (Å²) in [6, 6.07) is 5.12. The van der Waals surface area contributed by atoms with Crippen LogP contribution >= 0.6 is 0 Å². The van der Waals surface area contributed by atoms with Crippen molar-refractivity contribution in [2.45, 2.75) is 20.3 Å². The van der Waals surface area contributed by atoms with E-state index in [4.69, 9.17) is 4.74 Å². The van der Waals surface area contributed by atoms with E-state index in [2.05, 4.69) is 0 Å². The summed E-state index contributed by atoms with van der Waals surface area (Å²) in [5.74, 6) is 0.308. The predicted octanol–water partition coefficient (Wildman–Crippen LogP) is 2.80. The summed E-state index contributed by atoms with van der Waals surface area (Å²) in [5.41, 5.74) is 2.00. The zero-order valence-corrected chi connectivity index (χ0v) is 10.2. The molecule has 0 atom stereocenters. The molecule has 0 aliphatic heterocycles. The molecule has 0 fully saturated rings. The molecule has 0 amide bonds. The van der Waals surface area contributed by atoms with E-state index in [-0.39, 0.29) is 11.6 Å². The first kappa shape index (κ1) is 11.6. The molecule has 88 valence electrons. The zero-order valence-electron chi connectivity index (χ0n) is 10.2. The van der Waals surface area contributed by atoms with Gasteiger partial charge in [0, 0.05) is 16.7 Å². The molecule has 0 heterocycles. The van der Waals surface area contributed by atoms with Gasteiger partial charge in [-0.05, 0) is 19.4 Å². The first-order valence-electron chi connectivity index (χ1n) is 5.58. The van der Waals surface area contributed by atoms with Gasteiger partial charge in [-0.2, -0.15) is 0 Å². The maximum absolute atomic E-state index is 12.2. The number of carbonyl (C=O) groups excluding carboxylic acids is 2. The molecule has 0 N–H and O–H groups in total. The highest BCUT2D eigenvalue weighted by atomic mass is 16.5. The van der Waals surface area contributed by atoms with Crippen LogP contribution in [0.5, 0.6) is 5.75 Å². The van der Waals surface area contributed by atoms with Crippen LogP contribution in [0.2, 0.25) is 0 Å². The summed E-state index contributed by atoms with van der Waals surface area (Å²) in [7, 11) is 1.50. The van der Waals surface area contributed by atoms with Crippen molar-refractivity contribution in [3.63, 3.8) is 0 Å². The van der Waals surface area contributed by atoms with Crippen molar-refractivity contribution in [3.8, 4) is 5.75 Å². The molecule has 0 unspecified atom stereocenters. The van der Waals surface area contributed by atoms with Crippen molar-refractivity contribution < 1.29 is 14.3 Å². The summed E-state index contributed by atoms with van der Waals surface area (Å²) in [4.78, 5) is 24.4. The van der Waals surface area contributed by atoms with Crippen LogP contribution in [-0.4, -0.2) is 18.7 Å². The quantitative estimate of drug-likeness (QED) is 0.784. The Morgan fingerprint density at radius 1 is 1.18 bits per heavy atom. The fraction of sp³-hybridized carbons (Fsp3) is 0.286. The average molecular weight is 230 g/mol. The first-order chi connectivity index (χ1) is 8.11. The third-order valence-electron chi connectivity index (χ3n) is 3.14. The molecule has 0 bridgehead atoms. The number of ether oxygens (including phenoxy) is 1. The molecule has 17 heavy (non-hydrogen) atoms. The second kappa shape index (κ2) is 4.17. The van der Waals surface area contributed by atoms with Crippen LogP contribution in [0.3, 0.4) is 0 Å². The van der Waals surface area contributed by atoms with Gasteiger partial charge in [-0.25, -0.2) is 0 Å². The van der Waals surface area contributed by atoms with Gasteiger partial charge in [0.1, 0.15) is 5.75 Å². The molecule has 3 nitrogen and oxygen atoms in total. The van der Waals surface area contributed by atoms with Gasteiger partial charge in [0.25, 0.3) is 0 Å². The average Bonchev–Trinajstić information content (AvgIpc) is 2.36. The number of ketones is 2. The summed E-state index contributed by atoms with van der Waals surface area (Å²) in [6.45, 7) is 3.59. The molecule has 1 aromatic carbocycles. The highest BCUT2D eigenvalue weighted by Gasteiger charge is 2.31. The van der Waals surface area contributed by atoms with Crippen LogP contribution in [0.15, 0.2) is 29.3 Å². The monoisotopic (exact) mass is 230 g/mol. The van der Waals surface area contributed by atoms with Crippen molar-refractivity contribution >= 4 is 11.6 Å². The molecule has 0 spiro atoms. The molecule has 1 aliphatic carbocycles. The van der Waals surface area contributed by atoms with E-state index in [0.717, 1.165) is 0 Å². The van der Waals surface area contributed by atoms with Gasteiger partial charge in [-0.3, -0.25) is 9.59 Å². The predicted molar refractivity (Wildman–Crippen MR) is 64.6 cm³/mol. The van der Waals surface area contributed by atoms with Crippen molar-refractivity contribution in [1.29, 1.82) is 0 Å². The lowest BCUT2D eigenvalue weighted by atomic mass is 9.83. The lowest BCUT2D eigenvalue weighted by Gasteiger charge is -2.19. The maximum Gasteiger partial charge on any atom is 0.193 e. The molecular formula is C14H14O3. The van der Waals surface area contributed by atoms with Crippen LogP contribution in [0, 0.1) is 0 Å². The lowest BCUT2D eigenvalue weighted by Crippen LogP contribution is -2.21. The summed E-state index contributed by atoms with van der Waals surface area (Å²) in [6.07, 6.45) is 0.576. The fourth-order valence-electron chi connectivity index (χ4n) is 2.21. The lowest BCUT2D eigenvalue weighted by molar-refractivity contribution is 0.0970. The molecule has 2 rings (SSSR count). The Kier molecular flexibility index (Phi) is 2.84. The van der Waals surface area contributed by atoms with E-state index in [1.165, 1.54) is 7.11 Å². The van der Waals surface area contributed by atoms with Gasteiger partial charge in [-0.1, -0.05) is 19.1 Å². The number of rotatable bonds is 2. The Balaban J connectivity index is 2.72. The number of carbonyl (C=O) groups is 2. The molecule has 3 heteroatoms.